The number of nitrogens with one attached hydrogen (secondary N) is 4. The maximum Gasteiger partial charge on any atom is 0.209 e. The van der Waals surface area contributed by atoms with Crippen molar-refractivity contribution in [1.82, 2.24) is 40.2 Å². The standard InChI is InChI=1S/C29H27FN8O2S/c1-3-31-10-18-5-20(13-32-11-18)21-8-24-28(37-38-29(24)34-14-21)26-9-23-25(15-33-16-27(23)36-26)19-4-17(6-22(30)7-19)12-35-41(2,39)40/h4-9,11,13-16,31,35-36H,3,10,12H2,1-2H3,(H,34,37,38). The highest BCUT2D eigenvalue weighted by Crippen LogP contribution is 2.35. The average molecular weight is 571 g/mol. The fraction of sp³-hybridized carbons (Fsp3) is 0.172. The molecule has 1 aromatic carbocycles. The molecule has 6 aromatic rings. The van der Waals surface area contributed by atoms with Crippen molar-refractivity contribution in [3.63, 3.8) is 0 Å². The monoisotopic (exact) mass is 570 g/mol. The molecule has 12 heteroatoms. The first-order valence-electron chi connectivity index (χ1n) is 13.0. The molecule has 0 saturated carbocycles. The number of aromatic amines is 2. The molecule has 0 amide bonds. The second-order valence-electron chi connectivity index (χ2n) is 9.83. The van der Waals surface area contributed by atoms with Crippen LogP contribution < -0.4 is 10.0 Å². The fourth-order valence-corrected chi connectivity index (χ4v) is 5.24. The zero-order chi connectivity index (χ0) is 28.6. The Labute approximate surface area is 235 Å². The van der Waals surface area contributed by atoms with Gasteiger partial charge >= 0.3 is 0 Å². The highest BCUT2D eigenvalue weighted by Gasteiger charge is 2.16. The van der Waals surface area contributed by atoms with Gasteiger partial charge in [0.15, 0.2) is 5.65 Å². The van der Waals surface area contributed by atoms with Crippen molar-refractivity contribution in [2.45, 2.75) is 20.0 Å². The molecule has 6 rings (SSSR count). The van der Waals surface area contributed by atoms with E-state index in [9.17, 15) is 12.8 Å². The van der Waals surface area contributed by atoms with Crippen LogP contribution in [0.5, 0.6) is 0 Å². The molecule has 0 fully saturated rings. The molecular weight excluding hydrogens is 543 g/mol. The normalized spacial score (nSPS) is 12.0. The summed E-state index contributed by atoms with van der Waals surface area (Å²) in [6.07, 6.45) is 9.89. The van der Waals surface area contributed by atoms with Crippen molar-refractivity contribution >= 4 is 32.0 Å². The Kier molecular flexibility index (Phi) is 7.03. The molecule has 5 heterocycles. The number of aromatic nitrogens is 6. The van der Waals surface area contributed by atoms with E-state index in [1.54, 1.807) is 24.7 Å². The Morgan fingerprint density at radius 1 is 0.854 bits per heavy atom. The molecule has 5 aromatic heterocycles. The lowest BCUT2D eigenvalue weighted by molar-refractivity contribution is 0.586. The van der Waals surface area contributed by atoms with Crippen LogP contribution in [0.1, 0.15) is 18.1 Å². The average Bonchev–Trinajstić information content (AvgIpc) is 3.58. The van der Waals surface area contributed by atoms with Crippen LogP contribution in [0.15, 0.2) is 67.4 Å². The zero-order valence-corrected chi connectivity index (χ0v) is 23.2. The van der Waals surface area contributed by atoms with Crippen LogP contribution in [0.4, 0.5) is 4.39 Å². The van der Waals surface area contributed by atoms with Gasteiger partial charge in [-0.05, 0) is 59.6 Å². The van der Waals surface area contributed by atoms with Crippen LogP contribution in [0.25, 0.3) is 55.6 Å². The van der Waals surface area contributed by atoms with Crippen LogP contribution in [-0.4, -0.2) is 51.4 Å². The Balaban J connectivity index is 1.39. The molecule has 41 heavy (non-hydrogen) atoms. The summed E-state index contributed by atoms with van der Waals surface area (Å²) in [6.45, 7) is 3.65. The van der Waals surface area contributed by atoms with E-state index < -0.39 is 15.8 Å². The molecule has 0 radical (unpaired) electrons. The van der Waals surface area contributed by atoms with Gasteiger partial charge in [0.25, 0.3) is 0 Å². The molecule has 0 spiro atoms. The predicted octanol–water partition coefficient (Wildman–Crippen LogP) is 4.53. The Morgan fingerprint density at radius 3 is 2.49 bits per heavy atom. The molecule has 0 aliphatic heterocycles. The zero-order valence-electron chi connectivity index (χ0n) is 22.4. The van der Waals surface area contributed by atoms with Crippen molar-refractivity contribution in [2.24, 2.45) is 0 Å². The summed E-state index contributed by atoms with van der Waals surface area (Å²) >= 11 is 0. The van der Waals surface area contributed by atoms with Gasteiger partial charge in [-0.25, -0.2) is 22.5 Å². The van der Waals surface area contributed by atoms with Crippen molar-refractivity contribution in [3.05, 3.63) is 84.3 Å². The number of fused-ring (bicyclic) bond motifs is 2. The van der Waals surface area contributed by atoms with Crippen molar-refractivity contribution in [2.75, 3.05) is 12.8 Å². The summed E-state index contributed by atoms with van der Waals surface area (Å²) in [4.78, 5) is 16.7. The van der Waals surface area contributed by atoms with E-state index >= 15 is 0 Å². The molecule has 4 N–H and O–H groups in total. The second kappa shape index (κ2) is 10.8. The topological polar surface area (TPSA) is 141 Å². The third-order valence-electron chi connectivity index (χ3n) is 6.73. The predicted molar refractivity (Wildman–Crippen MR) is 157 cm³/mol. The summed E-state index contributed by atoms with van der Waals surface area (Å²) in [7, 11) is -3.43. The third-order valence-corrected chi connectivity index (χ3v) is 7.40. The van der Waals surface area contributed by atoms with Crippen LogP contribution in [0.2, 0.25) is 0 Å². The first kappa shape index (κ1) is 26.7. The van der Waals surface area contributed by atoms with Crippen LogP contribution >= 0.6 is 0 Å². The highest BCUT2D eigenvalue weighted by atomic mass is 32.2. The van der Waals surface area contributed by atoms with Gasteiger partial charge in [-0.2, -0.15) is 5.10 Å². The molecule has 0 atom stereocenters. The first-order valence-corrected chi connectivity index (χ1v) is 14.9. The number of nitrogens with zero attached hydrogens (tertiary/aromatic N) is 4. The van der Waals surface area contributed by atoms with Gasteiger partial charge in [0.05, 0.1) is 23.7 Å². The molecule has 10 nitrogen and oxygen atoms in total. The lowest BCUT2D eigenvalue weighted by Gasteiger charge is -2.08. The number of hydrogen-bond donors (Lipinski definition) is 4. The molecule has 0 saturated heterocycles. The number of benzene rings is 1. The van der Waals surface area contributed by atoms with Gasteiger partial charge < -0.3 is 10.3 Å². The van der Waals surface area contributed by atoms with Gasteiger partial charge in [0, 0.05) is 65.3 Å². The molecular formula is C29H27FN8O2S. The van der Waals surface area contributed by atoms with Gasteiger partial charge in [0.2, 0.25) is 10.0 Å². The van der Waals surface area contributed by atoms with E-state index in [4.69, 9.17) is 0 Å². The van der Waals surface area contributed by atoms with Crippen molar-refractivity contribution in [1.29, 1.82) is 0 Å². The number of H-pyrrole nitrogens is 2. The van der Waals surface area contributed by atoms with E-state index in [1.165, 1.54) is 12.1 Å². The SMILES string of the molecule is CCNCc1cncc(-c2cnc3[nH]nc(-c4cc5c(-c6cc(F)cc(CNS(C)(=O)=O)c6)cncc5[nH]4)c3c2)c1. The van der Waals surface area contributed by atoms with E-state index in [1.807, 2.05) is 24.5 Å². The number of hydrogen-bond acceptors (Lipinski definition) is 7. The summed E-state index contributed by atoms with van der Waals surface area (Å²) in [5.41, 5.74) is 7.56. The minimum absolute atomic E-state index is 0.0203. The largest absolute Gasteiger partial charge is 0.352 e. The summed E-state index contributed by atoms with van der Waals surface area (Å²) in [6, 6.07) is 10.6. The molecule has 0 bridgehead atoms. The van der Waals surface area contributed by atoms with E-state index in [0.29, 0.717) is 28.0 Å². The Morgan fingerprint density at radius 2 is 1.66 bits per heavy atom. The molecule has 0 unspecified atom stereocenters. The maximum atomic E-state index is 14.6. The number of rotatable bonds is 9. The van der Waals surface area contributed by atoms with E-state index in [-0.39, 0.29) is 6.54 Å². The quantitative estimate of drug-likeness (QED) is 0.200. The lowest BCUT2D eigenvalue weighted by Crippen LogP contribution is -2.21. The van der Waals surface area contributed by atoms with Crippen LogP contribution in [-0.2, 0) is 23.1 Å². The van der Waals surface area contributed by atoms with Crippen LogP contribution in [0, 0.1) is 5.82 Å². The summed E-state index contributed by atoms with van der Waals surface area (Å²) in [5.74, 6) is -0.471. The van der Waals surface area contributed by atoms with Gasteiger partial charge in [0.1, 0.15) is 11.5 Å². The maximum absolute atomic E-state index is 14.6. The van der Waals surface area contributed by atoms with Crippen LogP contribution in [0.3, 0.4) is 0 Å². The lowest BCUT2D eigenvalue weighted by atomic mass is 10.0. The molecule has 208 valence electrons. The smallest absolute Gasteiger partial charge is 0.209 e. The van der Waals surface area contributed by atoms with E-state index in [0.717, 1.165) is 58.0 Å². The minimum Gasteiger partial charge on any atom is -0.352 e. The molecule has 0 aliphatic carbocycles. The fourth-order valence-electron chi connectivity index (χ4n) is 4.81. The van der Waals surface area contributed by atoms with Gasteiger partial charge in [-0.3, -0.25) is 15.1 Å². The minimum atomic E-state index is -3.43. The Hall–Kier alpha value is -4.52. The van der Waals surface area contributed by atoms with Gasteiger partial charge in [-0.1, -0.05) is 6.92 Å². The third kappa shape index (κ3) is 5.71. The summed E-state index contributed by atoms with van der Waals surface area (Å²) in [5, 5.41) is 12.5. The Bertz CT molecular complexity index is 2000. The summed E-state index contributed by atoms with van der Waals surface area (Å²) < 4.78 is 40.1. The van der Waals surface area contributed by atoms with Gasteiger partial charge in [-0.15, -0.1) is 0 Å². The van der Waals surface area contributed by atoms with Crippen molar-refractivity contribution in [3.8, 4) is 33.6 Å². The highest BCUT2D eigenvalue weighted by molar-refractivity contribution is 7.88. The number of halogens is 1. The number of sulfonamides is 1. The van der Waals surface area contributed by atoms with Crippen molar-refractivity contribution < 1.29 is 12.8 Å². The number of pyridine rings is 3. The molecule has 0 aliphatic rings. The second-order valence-corrected chi connectivity index (χ2v) is 11.7. The van der Waals surface area contributed by atoms with E-state index in [2.05, 4.69) is 53.2 Å². The first-order chi connectivity index (χ1) is 19.8.